The fraction of sp³-hybridized carbons (Fsp3) is 0.200. The standard InChI is InChI=1S/C15H11F3N6O2S3/c1-7-21-22-12(28-7)19-10(25)6-27-14-24-23-13(29-14)20-11(26)8-4-2-3-5-9(8)15(16,17)18/h2-5H,6H2,1H3,(H,19,22,25)(H,20,23,26). The van der Waals surface area contributed by atoms with Crippen molar-refractivity contribution in [1.82, 2.24) is 20.4 Å². The first-order valence-electron chi connectivity index (χ1n) is 7.76. The molecule has 1 aromatic carbocycles. The molecule has 3 aromatic rings. The summed E-state index contributed by atoms with van der Waals surface area (Å²) in [5.41, 5.74) is -1.56. The van der Waals surface area contributed by atoms with Crippen LogP contribution in [0.5, 0.6) is 0 Å². The van der Waals surface area contributed by atoms with Crippen molar-refractivity contribution in [1.29, 1.82) is 0 Å². The van der Waals surface area contributed by atoms with E-state index < -0.39 is 23.2 Å². The molecule has 14 heteroatoms. The van der Waals surface area contributed by atoms with Gasteiger partial charge in [-0.05, 0) is 19.1 Å². The molecule has 8 nitrogen and oxygen atoms in total. The van der Waals surface area contributed by atoms with Gasteiger partial charge in [-0.1, -0.05) is 46.6 Å². The number of benzene rings is 1. The Hall–Kier alpha value is -2.58. The summed E-state index contributed by atoms with van der Waals surface area (Å²) in [6.45, 7) is 1.76. The van der Waals surface area contributed by atoms with Crippen molar-refractivity contribution in [3.8, 4) is 0 Å². The second-order valence-corrected chi connectivity index (χ2v) is 8.72. The number of nitrogens with one attached hydrogen (secondary N) is 2. The van der Waals surface area contributed by atoms with Crippen LogP contribution in [0.15, 0.2) is 28.6 Å². The quantitative estimate of drug-likeness (QED) is 0.426. The molecule has 3 rings (SSSR count). The van der Waals surface area contributed by atoms with Gasteiger partial charge < -0.3 is 0 Å². The van der Waals surface area contributed by atoms with Crippen LogP contribution >= 0.6 is 34.4 Å². The molecule has 2 aromatic heterocycles. The second-order valence-electron chi connectivity index (χ2n) is 5.33. The first-order valence-corrected chi connectivity index (χ1v) is 10.4. The Morgan fingerprint density at radius 3 is 2.41 bits per heavy atom. The molecule has 0 spiro atoms. The van der Waals surface area contributed by atoms with Crippen molar-refractivity contribution in [2.75, 3.05) is 16.4 Å². The normalized spacial score (nSPS) is 11.3. The predicted molar refractivity (Wildman–Crippen MR) is 103 cm³/mol. The highest BCUT2D eigenvalue weighted by Gasteiger charge is 2.35. The molecule has 0 unspecified atom stereocenters. The van der Waals surface area contributed by atoms with E-state index in [2.05, 4.69) is 31.0 Å². The Balaban J connectivity index is 1.58. The molecule has 152 valence electrons. The van der Waals surface area contributed by atoms with Crippen LogP contribution < -0.4 is 10.6 Å². The second kappa shape index (κ2) is 8.84. The molecule has 2 heterocycles. The number of alkyl halides is 3. The Bertz CT molecular complexity index is 1040. The first-order chi connectivity index (χ1) is 13.7. The molecule has 0 radical (unpaired) electrons. The minimum absolute atomic E-state index is 0.0120. The maximum Gasteiger partial charge on any atom is 0.417 e. The van der Waals surface area contributed by atoms with E-state index in [0.29, 0.717) is 14.5 Å². The molecule has 0 saturated carbocycles. The van der Waals surface area contributed by atoms with E-state index in [1.807, 2.05) is 0 Å². The van der Waals surface area contributed by atoms with Gasteiger partial charge in [-0.3, -0.25) is 20.2 Å². The van der Waals surface area contributed by atoms with Gasteiger partial charge in [0.05, 0.1) is 16.9 Å². The van der Waals surface area contributed by atoms with E-state index >= 15 is 0 Å². The summed E-state index contributed by atoms with van der Waals surface area (Å²) in [5.74, 6) is -1.26. The van der Waals surface area contributed by atoms with Gasteiger partial charge in [0.1, 0.15) is 5.01 Å². The van der Waals surface area contributed by atoms with E-state index in [9.17, 15) is 22.8 Å². The van der Waals surface area contributed by atoms with Gasteiger partial charge in [0.25, 0.3) is 5.91 Å². The first kappa shape index (κ1) is 21.1. The lowest BCUT2D eigenvalue weighted by Crippen LogP contribution is -2.18. The van der Waals surface area contributed by atoms with Gasteiger partial charge in [-0.25, -0.2) is 0 Å². The Kier molecular flexibility index (Phi) is 6.44. The van der Waals surface area contributed by atoms with Crippen LogP contribution in [-0.2, 0) is 11.0 Å². The number of hydrogen-bond acceptors (Lipinski definition) is 9. The summed E-state index contributed by atoms with van der Waals surface area (Å²) in [6.07, 6.45) is -4.66. The monoisotopic (exact) mass is 460 g/mol. The van der Waals surface area contributed by atoms with Crippen LogP contribution in [0, 0.1) is 6.92 Å². The lowest BCUT2D eigenvalue weighted by atomic mass is 10.1. The predicted octanol–water partition coefficient (Wildman–Crippen LogP) is 3.70. The van der Waals surface area contributed by atoms with Gasteiger partial charge in [-0.15, -0.1) is 20.4 Å². The number of nitrogens with zero attached hydrogens (tertiary/aromatic N) is 4. The number of aromatic nitrogens is 4. The molecule has 29 heavy (non-hydrogen) atoms. The maximum atomic E-state index is 13.0. The third-order valence-electron chi connectivity index (χ3n) is 3.20. The van der Waals surface area contributed by atoms with Gasteiger partial charge in [0.15, 0.2) is 4.34 Å². The Labute approximate surface area is 174 Å². The zero-order valence-electron chi connectivity index (χ0n) is 14.5. The van der Waals surface area contributed by atoms with E-state index in [1.165, 1.54) is 23.5 Å². The summed E-state index contributed by atoms with van der Waals surface area (Å²) in [4.78, 5) is 24.1. The number of thioether (sulfide) groups is 1. The van der Waals surface area contributed by atoms with Gasteiger partial charge in [0, 0.05) is 0 Å². The van der Waals surface area contributed by atoms with Crippen LogP contribution in [0.3, 0.4) is 0 Å². The van der Waals surface area contributed by atoms with E-state index in [-0.39, 0.29) is 16.8 Å². The molecule has 0 aliphatic heterocycles. The van der Waals surface area contributed by atoms with Crippen molar-refractivity contribution in [2.45, 2.75) is 17.4 Å². The number of anilines is 2. The number of carbonyl (C=O) groups excluding carboxylic acids is 2. The molecule has 2 N–H and O–H groups in total. The molecule has 0 atom stereocenters. The molecule has 0 aliphatic carbocycles. The van der Waals surface area contributed by atoms with Crippen molar-refractivity contribution in [3.05, 3.63) is 40.4 Å². The molecular formula is C15H11F3N6O2S3. The third kappa shape index (κ3) is 5.71. The molecular weight excluding hydrogens is 449 g/mol. The number of rotatable bonds is 6. The molecule has 0 saturated heterocycles. The Morgan fingerprint density at radius 2 is 1.72 bits per heavy atom. The average Bonchev–Trinajstić information content (AvgIpc) is 3.28. The lowest BCUT2D eigenvalue weighted by Gasteiger charge is -2.11. The topological polar surface area (TPSA) is 110 Å². The number of aryl methyl sites for hydroxylation is 1. The van der Waals surface area contributed by atoms with Gasteiger partial charge in [0.2, 0.25) is 16.2 Å². The van der Waals surface area contributed by atoms with Crippen LogP contribution in [0.25, 0.3) is 0 Å². The lowest BCUT2D eigenvalue weighted by molar-refractivity contribution is -0.137. The van der Waals surface area contributed by atoms with Crippen molar-refractivity contribution < 1.29 is 22.8 Å². The van der Waals surface area contributed by atoms with Gasteiger partial charge >= 0.3 is 6.18 Å². The number of carbonyl (C=O) groups is 2. The van der Waals surface area contributed by atoms with Gasteiger partial charge in [-0.2, -0.15) is 13.2 Å². The highest BCUT2D eigenvalue weighted by atomic mass is 32.2. The smallest absolute Gasteiger partial charge is 0.300 e. The van der Waals surface area contributed by atoms with Crippen LogP contribution in [0.4, 0.5) is 23.4 Å². The van der Waals surface area contributed by atoms with Crippen molar-refractivity contribution in [3.63, 3.8) is 0 Å². The van der Waals surface area contributed by atoms with Crippen molar-refractivity contribution in [2.24, 2.45) is 0 Å². The summed E-state index contributed by atoms with van der Waals surface area (Å²) in [5, 5.41) is 21.1. The Morgan fingerprint density at radius 1 is 1.03 bits per heavy atom. The van der Waals surface area contributed by atoms with Crippen LogP contribution in [0.2, 0.25) is 0 Å². The molecule has 0 bridgehead atoms. The van der Waals surface area contributed by atoms with E-state index in [1.54, 1.807) is 6.92 Å². The van der Waals surface area contributed by atoms with Crippen molar-refractivity contribution >= 4 is 56.5 Å². The average molecular weight is 460 g/mol. The highest BCUT2D eigenvalue weighted by molar-refractivity contribution is 8.01. The molecule has 2 amide bonds. The fourth-order valence-corrected chi connectivity index (χ4v) is 4.20. The maximum absolute atomic E-state index is 13.0. The summed E-state index contributed by atoms with van der Waals surface area (Å²) < 4.78 is 39.5. The number of amides is 2. The zero-order chi connectivity index (χ0) is 21.0. The van der Waals surface area contributed by atoms with Crippen LogP contribution in [-0.4, -0.2) is 38.0 Å². The minimum Gasteiger partial charge on any atom is -0.300 e. The van der Waals surface area contributed by atoms with Crippen LogP contribution in [0.1, 0.15) is 20.9 Å². The molecule has 0 fully saturated rings. The van der Waals surface area contributed by atoms with E-state index in [0.717, 1.165) is 35.2 Å². The largest absolute Gasteiger partial charge is 0.417 e. The summed E-state index contributed by atoms with van der Waals surface area (Å²) in [6, 6.07) is 4.44. The highest BCUT2D eigenvalue weighted by Crippen LogP contribution is 2.32. The molecule has 0 aliphatic rings. The number of hydrogen-bond donors (Lipinski definition) is 2. The third-order valence-corrected chi connectivity index (χ3v) is 5.93. The SMILES string of the molecule is Cc1nnc(NC(=O)CSc2nnc(NC(=O)c3ccccc3C(F)(F)F)s2)s1. The minimum atomic E-state index is -4.66. The fourth-order valence-electron chi connectivity index (χ4n) is 2.04. The summed E-state index contributed by atoms with van der Waals surface area (Å²) >= 11 is 3.24. The zero-order valence-corrected chi connectivity index (χ0v) is 16.9. The summed E-state index contributed by atoms with van der Waals surface area (Å²) in [7, 11) is 0. The number of halogens is 3. The van der Waals surface area contributed by atoms with E-state index in [4.69, 9.17) is 0 Å².